The molecule has 0 aliphatic heterocycles. The van der Waals surface area contributed by atoms with Gasteiger partial charge in [0.15, 0.2) is 5.58 Å². The van der Waals surface area contributed by atoms with Crippen molar-refractivity contribution in [1.29, 1.82) is 0 Å². The van der Waals surface area contributed by atoms with E-state index in [0.29, 0.717) is 16.4 Å². The van der Waals surface area contributed by atoms with Gasteiger partial charge in [-0.3, -0.25) is 0 Å². The molecule has 2 aromatic heterocycles. The number of fused-ring (bicyclic) bond motifs is 1. The minimum atomic E-state index is -0.314. The molecule has 2 heterocycles. The molecular weight excluding hydrogens is 289 g/mol. The van der Waals surface area contributed by atoms with Crippen LogP contribution in [0.15, 0.2) is 40.8 Å². The third-order valence-electron chi connectivity index (χ3n) is 2.72. The summed E-state index contributed by atoms with van der Waals surface area (Å²) in [5.74, 6) is 0.691. The van der Waals surface area contributed by atoms with Crippen molar-refractivity contribution in [1.82, 2.24) is 0 Å². The largest absolute Gasteiger partial charge is 0.457 e. The van der Waals surface area contributed by atoms with Crippen LogP contribution in [0.2, 0.25) is 9.36 Å². The maximum absolute atomic E-state index is 6.16. The zero-order valence-electron chi connectivity index (χ0n) is 9.19. The van der Waals surface area contributed by atoms with E-state index in [-0.39, 0.29) is 6.04 Å². The summed E-state index contributed by atoms with van der Waals surface area (Å²) in [6, 6.07) is 11.0. The zero-order valence-corrected chi connectivity index (χ0v) is 11.5. The van der Waals surface area contributed by atoms with E-state index in [1.807, 2.05) is 30.3 Å². The lowest BCUT2D eigenvalue weighted by Crippen LogP contribution is -2.08. The van der Waals surface area contributed by atoms with Gasteiger partial charge in [0.25, 0.3) is 0 Å². The molecule has 0 saturated heterocycles. The molecule has 0 saturated carbocycles. The molecule has 1 unspecified atom stereocenters. The smallest absolute Gasteiger partial charge is 0.152 e. The van der Waals surface area contributed by atoms with E-state index in [2.05, 4.69) is 0 Å². The summed E-state index contributed by atoms with van der Waals surface area (Å²) in [6.07, 6.45) is 0. The fourth-order valence-corrected chi connectivity index (χ4v) is 3.13. The second-order valence-electron chi connectivity index (χ2n) is 3.93. The maximum atomic E-state index is 6.16. The second kappa shape index (κ2) is 4.59. The van der Waals surface area contributed by atoms with Gasteiger partial charge in [-0.1, -0.05) is 35.3 Å². The van der Waals surface area contributed by atoms with Crippen LogP contribution in [0, 0.1) is 0 Å². The molecule has 0 amide bonds. The van der Waals surface area contributed by atoms with Gasteiger partial charge in [-0.05, 0) is 24.3 Å². The number of benzene rings is 1. The van der Waals surface area contributed by atoms with Crippen molar-refractivity contribution >= 4 is 45.5 Å². The highest BCUT2D eigenvalue weighted by Gasteiger charge is 2.17. The third kappa shape index (κ3) is 2.04. The maximum Gasteiger partial charge on any atom is 0.152 e. The molecule has 18 heavy (non-hydrogen) atoms. The van der Waals surface area contributed by atoms with Crippen molar-refractivity contribution in [3.8, 4) is 0 Å². The van der Waals surface area contributed by atoms with E-state index in [1.54, 1.807) is 6.07 Å². The first-order valence-electron chi connectivity index (χ1n) is 5.34. The van der Waals surface area contributed by atoms with E-state index in [9.17, 15) is 0 Å². The number of rotatable bonds is 2. The molecule has 0 spiro atoms. The summed E-state index contributed by atoms with van der Waals surface area (Å²) < 4.78 is 6.45. The first-order chi connectivity index (χ1) is 8.65. The molecule has 0 bridgehead atoms. The monoisotopic (exact) mass is 297 g/mol. The fraction of sp³-hybridized carbons (Fsp3) is 0.0769. The van der Waals surface area contributed by atoms with E-state index in [1.165, 1.54) is 11.3 Å². The van der Waals surface area contributed by atoms with Crippen LogP contribution in [-0.2, 0) is 0 Å². The average molecular weight is 298 g/mol. The van der Waals surface area contributed by atoms with Crippen LogP contribution in [0.5, 0.6) is 0 Å². The summed E-state index contributed by atoms with van der Waals surface area (Å²) in [4.78, 5) is 0.968. The van der Waals surface area contributed by atoms with Crippen LogP contribution in [0.1, 0.15) is 16.7 Å². The van der Waals surface area contributed by atoms with E-state index < -0.39 is 0 Å². The minimum absolute atomic E-state index is 0.314. The van der Waals surface area contributed by atoms with Gasteiger partial charge in [0, 0.05) is 10.3 Å². The molecule has 3 aromatic rings. The topological polar surface area (TPSA) is 39.2 Å². The molecule has 0 aliphatic rings. The standard InChI is InChI=1S/C13H9Cl2NOS/c14-8-3-1-2-7-6-9(17-13(7)8)12(16)10-4-5-11(15)18-10/h1-6,12H,16H2. The van der Waals surface area contributed by atoms with Crippen LogP contribution < -0.4 is 5.73 Å². The molecule has 1 aromatic carbocycles. The minimum Gasteiger partial charge on any atom is -0.457 e. The van der Waals surface area contributed by atoms with Crippen LogP contribution in [0.3, 0.4) is 0 Å². The Labute approximate surface area is 118 Å². The zero-order chi connectivity index (χ0) is 12.7. The molecule has 0 aliphatic carbocycles. The Kier molecular flexibility index (Phi) is 3.08. The molecule has 0 fully saturated rings. The molecule has 1 atom stereocenters. The van der Waals surface area contributed by atoms with Crippen molar-refractivity contribution in [2.24, 2.45) is 5.73 Å². The Morgan fingerprint density at radius 1 is 1.17 bits per heavy atom. The number of halogens is 2. The SMILES string of the molecule is NC(c1cc2cccc(Cl)c2o1)c1ccc(Cl)s1. The number of hydrogen-bond donors (Lipinski definition) is 1. The van der Waals surface area contributed by atoms with Gasteiger partial charge in [0.05, 0.1) is 15.4 Å². The number of furan rings is 1. The third-order valence-corrected chi connectivity index (χ3v) is 4.33. The molecule has 5 heteroatoms. The fourth-order valence-electron chi connectivity index (χ4n) is 1.84. The number of hydrogen-bond acceptors (Lipinski definition) is 3. The van der Waals surface area contributed by atoms with Gasteiger partial charge in [-0.2, -0.15) is 0 Å². The Morgan fingerprint density at radius 3 is 2.67 bits per heavy atom. The van der Waals surface area contributed by atoms with Gasteiger partial charge in [0.1, 0.15) is 5.76 Å². The molecule has 0 radical (unpaired) electrons. The van der Waals surface area contributed by atoms with Crippen LogP contribution >= 0.6 is 34.5 Å². The average Bonchev–Trinajstić information content (AvgIpc) is 2.95. The van der Waals surface area contributed by atoms with Crippen LogP contribution in [0.25, 0.3) is 11.0 Å². The lowest BCUT2D eigenvalue weighted by Gasteiger charge is -2.04. The first-order valence-corrected chi connectivity index (χ1v) is 6.91. The van der Waals surface area contributed by atoms with E-state index in [0.717, 1.165) is 14.6 Å². The summed E-state index contributed by atoms with van der Waals surface area (Å²) in [6.45, 7) is 0. The highest BCUT2D eigenvalue weighted by Crippen LogP contribution is 2.34. The van der Waals surface area contributed by atoms with Crippen molar-refractivity contribution in [3.05, 3.63) is 56.4 Å². The lowest BCUT2D eigenvalue weighted by atomic mass is 10.2. The van der Waals surface area contributed by atoms with Gasteiger partial charge >= 0.3 is 0 Å². The van der Waals surface area contributed by atoms with Gasteiger partial charge in [-0.15, -0.1) is 11.3 Å². The quantitative estimate of drug-likeness (QED) is 0.734. The predicted molar refractivity (Wildman–Crippen MR) is 76.6 cm³/mol. The van der Waals surface area contributed by atoms with Crippen molar-refractivity contribution in [2.75, 3.05) is 0 Å². The van der Waals surface area contributed by atoms with E-state index in [4.69, 9.17) is 33.4 Å². The highest BCUT2D eigenvalue weighted by atomic mass is 35.5. The van der Waals surface area contributed by atoms with Gasteiger partial charge in [-0.25, -0.2) is 0 Å². The summed E-state index contributed by atoms with van der Waals surface area (Å²) in [7, 11) is 0. The van der Waals surface area contributed by atoms with Crippen molar-refractivity contribution in [3.63, 3.8) is 0 Å². The van der Waals surface area contributed by atoms with Gasteiger partial charge < -0.3 is 10.2 Å². The Bertz CT molecular complexity index is 704. The summed E-state index contributed by atoms with van der Waals surface area (Å²) >= 11 is 13.4. The Balaban J connectivity index is 2.06. The van der Waals surface area contributed by atoms with E-state index >= 15 is 0 Å². The molecule has 3 rings (SSSR count). The van der Waals surface area contributed by atoms with Crippen molar-refractivity contribution in [2.45, 2.75) is 6.04 Å². The second-order valence-corrected chi connectivity index (χ2v) is 6.08. The Morgan fingerprint density at radius 2 is 2.00 bits per heavy atom. The number of nitrogens with two attached hydrogens (primary N) is 1. The number of para-hydroxylation sites is 1. The molecule has 92 valence electrons. The summed E-state index contributed by atoms with van der Waals surface area (Å²) in [5, 5.41) is 1.55. The molecule has 2 nitrogen and oxygen atoms in total. The summed E-state index contributed by atoms with van der Waals surface area (Å²) in [5.41, 5.74) is 6.83. The molecular formula is C13H9Cl2NOS. The van der Waals surface area contributed by atoms with Crippen LogP contribution in [-0.4, -0.2) is 0 Å². The number of thiophene rings is 1. The highest BCUT2D eigenvalue weighted by molar-refractivity contribution is 7.16. The normalized spacial score (nSPS) is 13.1. The van der Waals surface area contributed by atoms with Crippen LogP contribution in [0.4, 0.5) is 0 Å². The lowest BCUT2D eigenvalue weighted by molar-refractivity contribution is 0.528. The van der Waals surface area contributed by atoms with Gasteiger partial charge in [0.2, 0.25) is 0 Å². The Hall–Kier alpha value is -1.000. The first kappa shape index (κ1) is 12.1. The predicted octanol–water partition coefficient (Wildman–Crippen LogP) is 4.85. The van der Waals surface area contributed by atoms with Crippen molar-refractivity contribution < 1.29 is 4.42 Å². The molecule has 2 N–H and O–H groups in total.